The van der Waals surface area contributed by atoms with Crippen molar-refractivity contribution in [2.75, 3.05) is 6.54 Å². The second-order valence-electron chi connectivity index (χ2n) is 5.38. The number of unbranched alkanes of at least 4 members (excludes halogenated alkanes) is 1. The van der Waals surface area contributed by atoms with Crippen molar-refractivity contribution in [3.05, 3.63) is 48.0 Å². The molecule has 7 heteroatoms. The minimum Gasteiger partial charge on any atom is -0.480 e. The van der Waals surface area contributed by atoms with Gasteiger partial charge in [0, 0.05) is 12.1 Å². The fourth-order valence-corrected chi connectivity index (χ4v) is 2.10. The third-order valence-corrected chi connectivity index (χ3v) is 3.45. The maximum atomic E-state index is 11.6. The van der Waals surface area contributed by atoms with Crippen LogP contribution in [0.25, 0.3) is 0 Å². The van der Waals surface area contributed by atoms with Crippen LogP contribution in [-0.4, -0.2) is 35.5 Å². The van der Waals surface area contributed by atoms with E-state index in [0.717, 1.165) is 24.8 Å². The maximum absolute atomic E-state index is 11.6. The molecule has 7 nitrogen and oxygen atoms in total. The minimum atomic E-state index is -1.08. The van der Waals surface area contributed by atoms with Gasteiger partial charge in [-0.1, -0.05) is 30.3 Å². The van der Waals surface area contributed by atoms with Gasteiger partial charge >= 0.3 is 12.0 Å². The number of hydrogen-bond acceptors (Lipinski definition) is 3. The first kappa shape index (κ1) is 19.2. The Morgan fingerprint density at radius 1 is 1.29 bits per heavy atom. The second-order valence-corrected chi connectivity index (χ2v) is 5.38. The van der Waals surface area contributed by atoms with E-state index in [-0.39, 0.29) is 12.3 Å². The molecule has 0 aliphatic rings. The Morgan fingerprint density at radius 2 is 1.96 bits per heavy atom. The van der Waals surface area contributed by atoms with Crippen molar-refractivity contribution in [3.8, 4) is 0 Å². The first-order valence-electron chi connectivity index (χ1n) is 7.75. The van der Waals surface area contributed by atoms with Gasteiger partial charge in [0.05, 0.1) is 0 Å². The molecule has 0 heterocycles. The standard InChI is InChI=1S/C17H24N4O3/c1-2-5-14(16(22)23)21-17(24)20-11-4-3-6-12-7-9-13(10-8-12)15(18)19/h2,7-10,14H,1,3-6,11H2,(H3,18,19)(H,22,23)(H2,20,21,24). The van der Waals surface area contributed by atoms with Crippen LogP contribution < -0.4 is 16.4 Å². The maximum Gasteiger partial charge on any atom is 0.326 e. The Morgan fingerprint density at radius 3 is 2.50 bits per heavy atom. The molecule has 0 saturated heterocycles. The zero-order valence-corrected chi connectivity index (χ0v) is 13.5. The number of hydrogen-bond donors (Lipinski definition) is 5. The molecule has 1 rings (SSSR count). The van der Waals surface area contributed by atoms with Crippen molar-refractivity contribution in [1.29, 1.82) is 5.41 Å². The Kier molecular flexibility index (Phi) is 8.04. The summed E-state index contributed by atoms with van der Waals surface area (Å²) in [5, 5.41) is 21.3. The van der Waals surface area contributed by atoms with Crippen LogP contribution in [0, 0.1) is 5.41 Å². The van der Waals surface area contributed by atoms with Gasteiger partial charge in [-0.3, -0.25) is 5.41 Å². The molecule has 0 saturated carbocycles. The molecule has 0 aromatic heterocycles. The zero-order chi connectivity index (χ0) is 17.9. The predicted molar refractivity (Wildman–Crippen MR) is 93.2 cm³/mol. The molecule has 1 aromatic rings. The lowest BCUT2D eigenvalue weighted by Crippen LogP contribution is -2.46. The van der Waals surface area contributed by atoms with Crippen molar-refractivity contribution < 1.29 is 14.7 Å². The summed E-state index contributed by atoms with van der Waals surface area (Å²) >= 11 is 0. The number of nitrogens with one attached hydrogen (secondary N) is 3. The number of carboxylic acid groups (broad SMARTS) is 1. The van der Waals surface area contributed by atoms with Gasteiger partial charge in [-0.2, -0.15) is 0 Å². The topological polar surface area (TPSA) is 128 Å². The molecule has 6 N–H and O–H groups in total. The fourth-order valence-electron chi connectivity index (χ4n) is 2.10. The van der Waals surface area contributed by atoms with Crippen LogP contribution in [0.3, 0.4) is 0 Å². The molecule has 1 atom stereocenters. The van der Waals surface area contributed by atoms with E-state index < -0.39 is 18.0 Å². The molecule has 0 aliphatic carbocycles. The summed E-state index contributed by atoms with van der Waals surface area (Å²) in [5.41, 5.74) is 7.24. The largest absolute Gasteiger partial charge is 0.480 e. The number of nitrogens with two attached hydrogens (primary N) is 1. The SMILES string of the molecule is C=CCC(NC(=O)NCCCCc1ccc(C(=N)N)cc1)C(=O)O. The number of rotatable bonds is 10. The number of benzene rings is 1. The summed E-state index contributed by atoms with van der Waals surface area (Å²) in [6.07, 6.45) is 4.15. The van der Waals surface area contributed by atoms with E-state index in [9.17, 15) is 9.59 Å². The van der Waals surface area contributed by atoms with Gasteiger partial charge in [0.15, 0.2) is 0 Å². The highest BCUT2D eigenvalue weighted by molar-refractivity contribution is 5.94. The highest BCUT2D eigenvalue weighted by atomic mass is 16.4. The molecular weight excluding hydrogens is 308 g/mol. The molecule has 2 amide bonds. The molecule has 0 spiro atoms. The normalized spacial score (nSPS) is 11.3. The highest BCUT2D eigenvalue weighted by Crippen LogP contribution is 2.07. The van der Waals surface area contributed by atoms with Gasteiger partial charge < -0.3 is 21.5 Å². The summed E-state index contributed by atoms with van der Waals surface area (Å²) in [6, 6.07) is 6.05. The molecule has 0 radical (unpaired) electrons. The number of amidine groups is 1. The molecule has 24 heavy (non-hydrogen) atoms. The summed E-state index contributed by atoms with van der Waals surface area (Å²) in [6.45, 7) is 3.94. The molecule has 130 valence electrons. The van der Waals surface area contributed by atoms with Crippen LogP contribution in [0.4, 0.5) is 4.79 Å². The lowest BCUT2D eigenvalue weighted by molar-refractivity contribution is -0.139. The van der Waals surface area contributed by atoms with Crippen molar-refractivity contribution in [1.82, 2.24) is 10.6 Å². The lowest BCUT2D eigenvalue weighted by Gasteiger charge is -2.13. The molecule has 0 bridgehead atoms. The van der Waals surface area contributed by atoms with Gasteiger partial charge in [-0.25, -0.2) is 9.59 Å². The number of carbonyl (C=O) groups is 2. The van der Waals surface area contributed by atoms with Crippen LogP contribution in [0.15, 0.2) is 36.9 Å². The molecular formula is C17H24N4O3. The molecule has 1 aromatic carbocycles. The fraction of sp³-hybridized carbons (Fsp3) is 0.353. The summed E-state index contributed by atoms with van der Waals surface area (Å²) < 4.78 is 0. The minimum absolute atomic E-state index is 0.0490. The third kappa shape index (κ3) is 6.95. The van der Waals surface area contributed by atoms with E-state index in [1.807, 2.05) is 24.3 Å². The van der Waals surface area contributed by atoms with Gasteiger partial charge in [0.1, 0.15) is 11.9 Å². The number of aryl methyl sites for hydroxylation is 1. The number of carbonyl (C=O) groups excluding carboxylic acids is 1. The van der Waals surface area contributed by atoms with Gasteiger partial charge in [0.2, 0.25) is 0 Å². The number of urea groups is 1. The third-order valence-electron chi connectivity index (χ3n) is 3.45. The van der Waals surface area contributed by atoms with E-state index in [1.165, 1.54) is 6.08 Å². The van der Waals surface area contributed by atoms with Crippen LogP contribution in [0.2, 0.25) is 0 Å². The van der Waals surface area contributed by atoms with E-state index in [0.29, 0.717) is 12.1 Å². The quantitative estimate of drug-likeness (QED) is 0.193. The Hall–Kier alpha value is -2.83. The molecule has 1 unspecified atom stereocenters. The average Bonchev–Trinajstić information content (AvgIpc) is 2.54. The first-order chi connectivity index (χ1) is 11.4. The molecule has 0 fully saturated rings. The number of amides is 2. The lowest BCUT2D eigenvalue weighted by atomic mass is 10.1. The number of aliphatic carboxylic acids is 1. The Bertz CT molecular complexity index is 584. The van der Waals surface area contributed by atoms with Crippen LogP contribution in [0.5, 0.6) is 0 Å². The summed E-state index contributed by atoms with van der Waals surface area (Å²) in [5.74, 6) is -1.04. The number of nitrogen functional groups attached to an aromatic ring is 1. The van der Waals surface area contributed by atoms with Crippen molar-refractivity contribution in [3.63, 3.8) is 0 Å². The van der Waals surface area contributed by atoms with Crippen molar-refractivity contribution >= 4 is 17.8 Å². The zero-order valence-electron chi connectivity index (χ0n) is 13.5. The monoisotopic (exact) mass is 332 g/mol. The predicted octanol–water partition coefficient (Wildman–Crippen LogP) is 1.62. The Labute approximate surface area is 141 Å². The summed E-state index contributed by atoms with van der Waals surface area (Å²) in [7, 11) is 0. The van der Waals surface area contributed by atoms with Gasteiger partial charge in [0.25, 0.3) is 0 Å². The summed E-state index contributed by atoms with van der Waals surface area (Å²) in [4.78, 5) is 22.5. The van der Waals surface area contributed by atoms with Gasteiger partial charge in [-0.05, 0) is 31.2 Å². The van der Waals surface area contributed by atoms with E-state index >= 15 is 0 Å². The highest BCUT2D eigenvalue weighted by Gasteiger charge is 2.17. The smallest absolute Gasteiger partial charge is 0.326 e. The second kappa shape index (κ2) is 10.0. The van der Waals surface area contributed by atoms with Crippen molar-refractivity contribution in [2.45, 2.75) is 31.7 Å². The van der Waals surface area contributed by atoms with Crippen LogP contribution >= 0.6 is 0 Å². The average molecular weight is 332 g/mol. The Balaban J connectivity index is 2.23. The van der Waals surface area contributed by atoms with E-state index in [1.54, 1.807) is 0 Å². The number of carboxylic acids is 1. The first-order valence-corrected chi connectivity index (χ1v) is 7.75. The van der Waals surface area contributed by atoms with Crippen molar-refractivity contribution in [2.24, 2.45) is 5.73 Å². The van der Waals surface area contributed by atoms with Crippen LogP contribution in [-0.2, 0) is 11.2 Å². The van der Waals surface area contributed by atoms with Crippen LogP contribution in [0.1, 0.15) is 30.4 Å². The van der Waals surface area contributed by atoms with Gasteiger partial charge in [-0.15, -0.1) is 6.58 Å². The molecule has 0 aliphatic heterocycles. The van der Waals surface area contributed by atoms with E-state index in [4.69, 9.17) is 16.2 Å². The van der Waals surface area contributed by atoms with E-state index in [2.05, 4.69) is 17.2 Å².